The van der Waals surface area contributed by atoms with Crippen molar-refractivity contribution in [3.63, 3.8) is 0 Å². The maximum Gasteiger partial charge on any atom is 0.164 e. The van der Waals surface area contributed by atoms with Gasteiger partial charge in [-0.05, 0) is 25.8 Å². The fraction of sp³-hybridized carbons (Fsp3) is 0.389. The molecule has 0 saturated carbocycles. The van der Waals surface area contributed by atoms with E-state index in [0.29, 0.717) is 6.61 Å². The maximum atomic E-state index is 12.4. The van der Waals surface area contributed by atoms with Gasteiger partial charge in [0.05, 0.1) is 11.9 Å². The van der Waals surface area contributed by atoms with Crippen molar-refractivity contribution in [2.45, 2.75) is 26.7 Å². The minimum atomic E-state index is -2.07. The van der Waals surface area contributed by atoms with Gasteiger partial charge in [-0.2, -0.15) is 0 Å². The molecule has 0 amide bonds. The second-order valence-corrected chi connectivity index (χ2v) is 5.55. The van der Waals surface area contributed by atoms with Crippen molar-refractivity contribution in [2.75, 3.05) is 13.2 Å². The van der Waals surface area contributed by atoms with Gasteiger partial charge in [-0.15, -0.1) is 0 Å². The fourth-order valence-electron chi connectivity index (χ4n) is 2.35. The largest absolute Gasteiger partial charge is 0.549 e. The molecule has 0 radical (unpaired) electrons. The molecule has 1 atom stereocenters. The van der Waals surface area contributed by atoms with Crippen LogP contribution in [0.1, 0.15) is 35.7 Å². The highest BCUT2D eigenvalue weighted by Crippen LogP contribution is 2.35. The zero-order chi connectivity index (χ0) is 18.3. The molecule has 0 aliphatic carbocycles. The Morgan fingerprint density at radius 3 is 2.21 bits per heavy atom. The zero-order valence-corrected chi connectivity index (χ0v) is 13.8. The standard InChI is InChI=1S/C18H22O6/c1-4-24-10-9-18(17(22)23,13(3)16(20)21)11-15(19)14-7-5-12(2)6-8-14/h5-8H,3-4,9-11H2,1-2H3,(H,20,21)(H,22,23)/p-2. The molecule has 0 aliphatic heterocycles. The maximum absolute atomic E-state index is 12.4. The normalized spacial score (nSPS) is 13.1. The minimum absolute atomic E-state index is 0.0437. The Morgan fingerprint density at radius 1 is 1.17 bits per heavy atom. The first-order valence-corrected chi connectivity index (χ1v) is 7.54. The minimum Gasteiger partial charge on any atom is -0.549 e. The quantitative estimate of drug-likeness (QED) is 0.340. The van der Waals surface area contributed by atoms with Crippen molar-refractivity contribution in [3.05, 3.63) is 47.5 Å². The van der Waals surface area contributed by atoms with Crippen molar-refractivity contribution in [1.82, 2.24) is 0 Å². The number of carboxylic acids is 2. The first-order chi connectivity index (χ1) is 11.2. The lowest BCUT2D eigenvalue weighted by Gasteiger charge is -2.36. The van der Waals surface area contributed by atoms with E-state index in [-0.39, 0.29) is 18.6 Å². The van der Waals surface area contributed by atoms with Gasteiger partial charge in [0.1, 0.15) is 0 Å². The molecule has 0 aromatic heterocycles. The molecule has 0 bridgehead atoms. The second kappa shape index (κ2) is 8.40. The van der Waals surface area contributed by atoms with Crippen LogP contribution in [0.4, 0.5) is 0 Å². The molecule has 6 nitrogen and oxygen atoms in total. The second-order valence-electron chi connectivity index (χ2n) is 5.55. The predicted molar refractivity (Wildman–Crippen MR) is 82.8 cm³/mol. The highest BCUT2D eigenvalue weighted by molar-refractivity contribution is 6.02. The molecule has 0 fully saturated rings. The molecule has 0 aliphatic rings. The Hall–Kier alpha value is -2.47. The summed E-state index contributed by atoms with van der Waals surface area (Å²) >= 11 is 0. The molecule has 0 heterocycles. The number of hydrogen-bond donors (Lipinski definition) is 0. The average Bonchev–Trinajstić information content (AvgIpc) is 2.53. The van der Waals surface area contributed by atoms with Gasteiger partial charge >= 0.3 is 0 Å². The number of carbonyl (C=O) groups excluding carboxylic acids is 3. The molecule has 1 aromatic carbocycles. The number of aryl methyl sites for hydroxylation is 1. The van der Waals surface area contributed by atoms with Gasteiger partial charge in [0.2, 0.25) is 0 Å². The van der Waals surface area contributed by atoms with Crippen LogP contribution in [0.25, 0.3) is 0 Å². The third-order valence-corrected chi connectivity index (χ3v) is 3.93. The molecule has 1 rings (SSSR count). The topological polar surface area (TPSA) is 107 Å². The zero-order valence-electron chi connectivity index (χ0n) is 13.8. The van der Waals surface area contributed by atoms with Crippen LogP contribution in [0.3, 0.4) is 0 Å². The molecule has 0 saturated heterocycles. The van der Waals surface area contributed by atoms with Crippen molar-refractivity contribution >= 4 is 17.7 Å². The van der Waals surface area contributed by atoms with Crippen LogP contribution < -0.4 is 10.2 Å². The van der Waals surface area contributed by atoms with E-state index in [9.17, 15) is 24.6 Å². The number of ketones is 1. The van der Waals surface area contributed by atoms with Crippen molar-refractivity contribution in [3.8, 4) is 0 Å². The van der Waals surface area contributed by atoms with Crippen LogP contribution in [0, 0.1) is 12.3 Å². The molecule has 6 heteroatoms. The first-order valence-electron chi connectivity index (χ1n) is 7.54. The van der Waals surface area contributed by atoms with Gasteiger partial charge < -0.3 is 24.5 Å². The number of carbonyl (C=O) groups is 3. The summed E-state index contributed by atoms with van der Waals surface area (Å²) in [6.45, 7) is 7.14. The summed E-state index contributed by atoms with van der Waals surface area (Å²) in [7, 11) is 0. The lowest BCUT2D eigenvalue weighted by atomic mass is 9.73. The van der Waals surface area contributed by atoms with Crippen LogP contribution in [0.15, 0.2) is 36.4 Å². The summed E-state index contributed by atoms with van der Waals surface area (Å²) in [6, 6.07) is 6.54. The molecule has 130 valence electrons. The number of Topliss-reactive ketones (excluding diaryl/α,β-unsaturated/α-hetero) is 1. The van der Waals surface area contributed by atoms with Gasteiger partial charge in [0.25, 0.3) is 0 Å². The van der Waals surface area contributed by atoms with Gasteiger partial charge in [-0.3, -0.25) is 4.79 Å². The highest BCUT2D eigenvalue weighted by Gasteiger charge is 2.38. The number of benzene rings is 1. The summed E-state index contributed by atoms with van der Waals surface area (Å²) < 4.78 is 5.12. The summed E-state index contributed by atoms with van der Waals surface area (Å²) in [5, 5.41) is 22.9. The molecular formula is C18H20O6-2. The Balaban J connectivity index is 3.17. The summed E-state index contributed by atoms with van der Waals surface area (Å²) in [5.41, 5.74) is -1.54. The molecule has 24 heavy (non-hydrogen) atoms. The van der Waals surface area contributed by atoms with E-state index in [4.69, 9.17) is 4.74 Å². The van der Waals surface area contributed by atoms with Crippen molar-refractivity contribution < 1.29 is 29.3 Å². The summed E-state index contributed by atoms with van der Waals surface area (Å²) in [5.74, 6) is -3.93. The lowest BCUT2D eigenvalue weighted by Crippen LogP contribution is -2.49. The number of ether oxygens (including phenoxy) is 1. The summed E-state index contributed by atoms with van der Waals surface area (Å²) in [4.78, 5) is 35.4. The van der Waals surface area contributed by atoms with E-state index >= 15 is 0 Å². The van der Waals surface area contributed by atoms with Crippen LogP contribution in [-0.2, 0) is 14.3 Å². The first kappa shape index (κ1) is 19.6. The number of carboxylic acid groups (broad SMARTS) is 2. The van der Waals surface area contributed by atoms with Crippen molar-refractivity contribution in [2.24, 2.45) is 5.41 Å². The van der Waals surface area contributed by atoms with Crippen LogP contribution >= 0.6 is 0 Å². The number of hydrogen-bond acceptors (Lipinski definition) is 6. The lowest BCUT2D eigenvalue weighted by molar-refractivity contribution is -0.322. The molecule has 0 spiro atoms. The number of aliphatic carboxylic acids is 2. The van der Waals surface area contributed by atoms with E-state index in [1.165, 1.54) is 0 Å². The average molecular weight is 332 g/mol. The molecule has 1 unspecified atom stereocenters. The van der Waals surface area contributed by atoms with E-state index < -0.39 is 35.1 Å². The fourth-order valence-corrected chi connectivity index (χ4v) is 2.35. The number of rotatable bonds is 10. The third kappa shape index (κ3) is 4.52. The van der Waals surface area contributed by atoms with E-state index in [2.05, 4.69) is 6.58 Å². The van der Waals surface area contributed by atoms with Crippen LogP contribution in [-0.4, -0.2) is 30.9 Å². The smallest absolute Gasteiger partial charge is 0.164 e. The van der Waals surface area contributed by atoms with E-state index in [1.54, 1.807) is 31.2 Å². The third-order valence-electron chi connectivity index (χ3n) is 3.93. The Kier molecular flexibility index (Phi) is 6.85. The van der Waals surface area contributed by atoms with Crippen LogP contribution in [0.2, 0.25) is 0 Å². The molecular weight excluding hydrogens is 312 g/mol. The van der Waals surface area contributed by atoms with Crippen LogP contribution in [0.5, 0.6) is 0 Å². The highest BCUT2D eigenvalue weighted by atomic mass is 16.5. The SMILES string of the molecule is C=C(C(=O)[O-])C(CCOCC)(CC(=O)c1ccc(C)cc1)C(=O)[O-]. The van der Waals surface area contributed by atoms with Crippen molar-refractivity contribution in [1.29, 1.82) is 0 Å². The predicted octanol–water partition coefficient (Wildman–Crippen LogP) is 0.0368. The van der Waals surface area contributed by atoms with E-state index in [0.717, 1.165) is 5.56 Å². The van der Waals surface area contributed by atoms with Gasteiger partial charge in [-0.1, -0.05) is 36.4 Å². The molecule has 1 aromatic rings. The van der Waals surface area contributed by atoms with Gasteiger partial charge in [-0.25, -0.2) is 0 Å². The Bertz CT molecular complexity index is 631. The molecule has 0 N–H and O–H groups in total. The van der Waals surface area contributed by atoms with Gasteiger partial charge in [0, 0.05) is 30.6 Å². The van der Waals surface area contributed by atoms with E-state index in [1.807, 2.05) is 6.92 Å². The van der Waals surface area contributed by atoms with Gasteiger partial charge in [0.15, 0.2) is 5.78 Å². The summed E-state index contributed by atoms with van der Waals surface area (Å²) in [6.07, 6.45) is -0.828. The Labute approximate surface area is 140 Å². The Morgan fingerprint density at radius 2 is 1.75 bits per heavy atom. The monoisotopic (exact) mass is 332 g/mol.